The van der Waals surface area contributed by atoms with Gasteiger partial charge in [-0.05, 0) is 75.6 Å². The smallest absolute Gasteiger partial charge is 0.368 e. The molecule has 210 valence electrons. The van der Waals surface area contributed by atoms with E-state index >= 15 is 0 Å². The second-order valence-electron chi connectivity index (χ2n) is 11.0. The van der Waals surface area contributed by atoms with Crippen LogP contribution in [0.4, 0.5) is 18.9 Å². The number of rotatable bonds is 8. The Morgan fingerprint density at radius 2 is 1.85 bits per heavy atom. The van der Waals surface area contributed by atoms with E-state index in [0.29, 0.717) is 28.6 Å². The third-order valence-electron chi connectivity index (χ3n) is 7.46. The average Bonchev–Trinajstić information content (AvgIpc) is 3.30. The Hall–Kier alpha value is -3.47. The highest BCUT2D eigenvalue weighted by Gasteiger charge is 2.33. The molecule has 4 rings (SSSR count). The lowest BCUT2D eigenvalue weighted by molar-refractivity contribution is -0.141. The third-order valence-corrected chi connectivity index (χ3v) is 7.46. The molecular weight excluding hydrogens is 511 g/mol. The molecule has 1 aromatic carbocycles. The van der Waals surface area contributed by atoms with Crippen LogP contribution in [0, 0.1) is 11.8 Å². The van der Waals surface area contributed by atoms with Crippen LogP contribution in [0.2, 0.25) is 0 Å². The van der Waals surface area contributed by atoms with Crippen LogP contribution in [0.1, 0.15) is 81.2 Å². The number of benzene rings is 1. The van der Waals surface area contributed by atoms with Crippen molar-refractivity contribution in [3.05, 3.63) is 53.5 Å². The van der Waals surface area contributed by atoms with E-state index in [9.17, 15) is 22.8 Å². The number of alkyl halides is 3. The molecule has 39 heavy (non-hydrogen) atoms. The molecule has 3 N–H and O–H groups in total. The zero-order valence-corrected chi connectivity index (χ0v) is 22.5. The zero-order valence-electron chi connectivity index (χ0n) is 22.5. The SMILES string of the molecule is CC(C)C1CCC(n2cc3cc(NC(=O)c4cccc(C(F)(F)F)n4)c(C(C)(C)OCC(N)=O)cc3n2)CC1. The van der Waals surface area contributed by atoms with Crippen LogP contribution in [0.3, 0.4) is 0 Å². The van der Waals surface area contributed by atoms with Crippen LogP contribution in [0.15, 0.2) is 36.5 Å². The predicted molar refractivity (Wildman–Crippen MR) is 141 cm³/mol. The number of pyridine rings is 1. The van der Waals surface area contributed by atoms with Gasteiger partial charge in [-0.2, -0.15) is 18.3 Å². The number of hydrogen-bond acceptors (Lipinski definition) is 5. The van der Waals surface area contributed by atoms with Gasteiger partial charge in [-0.1, -0.05) is 19.9 Å². The summed E-state index contributed by atoms with van der Waals surface area (Å²) in [7, 11) is 0. The normalized spacial score (nSPS) is 18.5. The largest absolute Gasteiger partial charge is 0.433 e. The summed E-state index contributed by atoms with van der Waals surface area (Å²) >= 11 is 0. The number of aromatic nitrogens is 3. The van der Waals surface area contributed by atoms with Crippen molar-refractivity contribution in [3.63, 3.8) is 0 Å². The van der Waals surface area contributed by atoms with Crippen LogP contribution in [0.5, 0.6) is 0 Å². The van der Waals surface area contributed by atoms with Crippen molar-refractivity contribution in [2.45, 2.75) is 71.2 Å². The summed E-state index contributed by atoms with van der Waals surface area (Å²) in [4.78, 5) is 27.9. The fraction of sp³-hybridized carbons (Fsp3) is 0.500. The molecule has 0 radical (unpaired) electrons. The first kappa shape index (κ1) is 28.5. The number of anilines is 1. The van der Waals surface area contributed by atoms with Crippen molar-refractivity contribution in [2.75, 3.05) is 11.9 Å². The van der Waals surface area contributed by atoms with Gasteiger partial charge in [0.15, 0.2) is 0 Å². The Labute approximate surface area is 225 Å². The Balaban J connectivity index is 1.69. The van der Waals surface area contributed by atoms with Gasteiger partial charge in [0.2, 0.25) is 5.91 Å². The number of nitrogens with one attached hydrogen (secondary N) is 1. The summed E-state index contributed by atoms with van der Waals surface area (Å²) in [5.41, 5.74) is 4.11. The molecule has 0 spiro atoms. The number of ether oxygens (including phenoxy) is 1. The van der Waals surface area contributed by atoms with Crippen LogP contribution < -0.4 is 11.1 Å². The fourth-order valence-corrected chi connectivity index (χ4v) is 5.15. The van der Waals surface area contributed by atoms with E-state index in [1.807, 2.05) is 10.9 Å². The van der Waals surface area contributed by atoms with E-state index in [-0.39, 0.29) is 18.3 Å². The molecule has 3 aromatic rings. The van der Waals surface area contributed by atoms with Crippen LogP contribution in [-0.4, -0.2) is 33.2 Å². The van der Waals surface area contributed by atoms with Crippen molar-refractivity contribution in [2.24, 2.45) is 17.6 Å². The number of fused-ring (bicyclic) bond motifs is 1. The van der Waals surface area contributed by atoms with Gasteiger partial charge in [0, 0.05) is 22.8 Å². The molecule has 0 bridgehead atoms. The highest BCUT2D eigenvalue weighted by atomic mass is 19.4. The zero-order chi connectivity index (χ0) is 28.5. The number of primary amides is 1. The summed E-state index contributed by atoms with van der Waals surface area (Å²) in [6.45, 7) is 7.56. The topological polar surface area (TPSA) is 112 Å². The lowest BCUT2D eigenvalue weighted by Gasteiger charge is -2.30. The molecule has 1 fully saturated rings. The predicted octanol–water partition coefficient (Wildman–Crippen LogP) is 5.83. The Morgan fingerprint density at radius 1 is 1.15 bits per heavy atom. The summed E-state index contributed by atoms with van der Waals surface area (Å²) in [6.07, 6.45) is 1.53. The van der Waals surface area contributed by atoms with Crippen LogP contribution in [0.25, 0.3) is 10.9 Å². The maximum absolute atomic E-state index is 13.2. The summed E-state index contributed by atoms with van der Waals surface area (Å²) < 4.78 is 47.2. The number of amides is 2. The van der Waals surface area contributed by atoms with Gasteiger partial charge < -0.3 is 15.8 Å². The molecule has 1 saturated carbocycles. The number of halogens is 3. The van der Waals surface area contributed by atoms with Crippen molar-refractivity contribution in [3.8, 4) is 0 Å². The maximum atomic E-state index is 13.2. The van der Waals surface area contributed by atoms with E-state index in [2.05, 4.69) is 24.1 Å². The van der Waals surface area contributed by atoms with Crippen molar-refractivity contribution in [1.82, 2.24) is 14.8 Å². The summed E-state index contributed by atoms with van der Waals surface area (Å²) in [5, 5.41) is 8.26. The van der Waals surface area contributed by atoms with Gasteiger partial charge in [-0.25, -0.2) is 4.98 Å². The molecule has 2 heterocycles. The van der Waals surface area contributed by atoms with Crippen molar-refractivity contribution < 1.29 is 27.5 Å². The first-order chi connectivity index (χ1) is 18.2. The standard InChI is InChI=1S/C28H34F3N5O3/c1-16(2)17-8-10-19(11-9-17)36-14-18-12-23(20(13-22(18)35-36)27(3,4)39-15-25(32)37)34-26(38)21-6-5-7-24(33-21)28(29,30)31/h5-7,12-14,16-17,19H,8-11,15H2,1-4H3,(H2,32,37)(H,34,38). The van der Waals surface area contributed by atoms with Gasteiger partial charge in [-0.3, -0.25) is 14.3 Å². The molecule has 2 amide bonds. The third kappa shape index (κ3) is 6.58. The fourth-order valence-electron chi connectivity index (χ4n) is 5.15. The minimum absolute atomic E-state index is 0.252. The monoisotopic (exact) mass is 545 g/mol. The molecule has 0 unspecified atom stereocenters. The van der Waals surface area contributed by atoms with Crippen LogP contribution >= 0.6 is 0 Å². The van der Waals surface area contributed by atoms with Gasteiger partial charge in [0.05, 0.1) is 17.2 Å². The first-order valence-corrected chi connectivity index (χ1v) is 13.1. The Morgan fingerprint density at radius 3 is 2.46 bits per heavy atom. The van der Waals surface area contributed by atoms with Gasteiger partial charge in [0.1, 0.15) is 18.0 Å². The Kier molecular flexibility index (Phi) is 8.02. The van der Waals surface area contributed by atoms with E-state index in [1.54, 1.807) is 26.0 Å². The number of carbonyl (C=O) groups is 2. The molecule has 0 saturated heterocycles. The molecule has 8 nitrogen and oxygen atoms in total. The van der Waals surface area contributed by atoms with Gasteiger partial charge in [0.25, 0.3) is 5.91 Å². The molecule has 1 aliphatic rings. The minimum atomic E-state index is -4.69. The van der Waals surface area contributed by atoms with Crippen molar-refractivity contribution in [1.29, 1.82) is 0 Å². The second-order valence-corrected chi connectivity index (χ2v) is 11.0. The lowest BCUT2D eigenvalue weighted by atomic mass is 9.80. The lowest BCUT2D eigenvalue weighted by Crippen LogP contribution is -2.30. The summed E-state index contributed by atoms with van der Waals surface area (Å²) in [6, 6.07) is 6.88. The molecule has 11 heteroatoms. The molecule has 1 aliphatic carbocycles. The van der Waals surface area contributed by atoms with Crippen molar-refractivity contribution >= 4 is 28.4 Å². The molecule has 0 aliphatic heterocycles. The van der Waals surface area contributed by atoms with Crippen LogP contribution in [-0.2, 0) is 21.3 Å². The van der Waals surface area contributed by atoms with E-state index in [1.165, 1.54) is 6.07 Å². The quantitative estimate of drug-likeness (QED) is 0.370. The molecular formula is C28H34F3N5O3. The second kappa shape index (κ2) is 11.0. The van der Waals surface area contributed by atoms with E-state index in [0.717, 1.165) is 43.2 Å². The van der Waals surface area contributed by atoms with E-state index in [4.69, 9.17) is 15.6 Å². The first-order valence-electron chi connectivity index (χ1n) is 13.1. The minimum Gasteiger partial charge on any atom is -0.368 e. The Bertz CT molecular complexity index is 1360. The number of nitrogens with two attached hydrogens (primary N) is 1. The van der Waals surface area contributed by atoms with E-state index < -0.39 is 29.3 Å². The average molecular weight is 546 g/mol. The maximum Gasteiger partial charge on any atom is 0.433 e. The highest BCUT2D eigenvalue weighted by Crippen LogP contribution is 2.38. The summed E-state index contributed by atoms with van der Waals surface area (Å²) in [5.74, 6) is -0.131. The number of nitrogens with zero attached hydrogens (tertiary/aromatic N) is 3. The molecule has 2 aromatic heterocycles. The highest BCUT2D eigenvalue weighted by molar-refractivity contribution is 6.04. The number of hydrogen-bond donors (Lipinski definition) is 2. The van der Waals surface area contributed by atoms with Gasteiger partial charge in [-0.15, -0.1) is 0 Å². The number of carbonyl (C=O) groups excluding carboxylic acids is 2. The molecule has 0 atom stereocenters. The van der Waals surface area contributed by atoms with Gasteiger partial charge >= 0.3 is 6.18 Å².